The van der Waals surface area contributed by atoms with Gasteiger partial charge in [-0.3, -0.25) is 9.69 Å². The summed E-state index contributed by atoms with van der Waals surface area (Å²) in [6.07, 6.45) is 2.36. The van der Waals surface area contributed by atoms with Crippen molar-refractivity contribution in [2.45, 2.75) is 37.8 Å². The number of hydrogen-bond acceptors (Lipinski definition) is 5. The number of ether oxygens (including phenoxy) is 2. The van der Waals surface area contributed by atoms with Gasteiger partial charge >= 0.3 is 0 Å². The maximum absolute atomic E-state index is 13.5. The van der Waals surface area contributed by atoms with Crippen LogP contribution in [0.1, 0.15) is 40.5 Å². The van der Waals surface area contributed by atoms with Crippen LogP contribution in [-0.4, -0.2) is 59.2 Å². The molecule has 6 heteroatoms. The second kappa shape index (κ2) is 6.46. The van der Waals surface area contributed by atoms with Crippen LogP contribution >= 0.6 is 0 Å². The Kier molecular flexibility index (Phi) is 3.85. The lowest BCUT2D eigenvalue weighted by Crippen LogP contribution is -2.60. The highest BCUT2D eigenvalue weighted by Crippen LogP contribution is 2.48. The molecule has 150 valence electrons. The number of rotatable bonds is 2. The summed E-state index contributed by atoms with van der Waals surface area (Å²) in [5.74, 6) is 2.57. The molecule has 6 heterocycles. The normalized spacial score (nSPS) is 31.8. The molecule has 5 aliphatic heterocycles. The number of fused-ring (bicyclic) bond motifs is 3. The van der Waals surface area contributed by atoms with Gasteiger partial charge in [-0.05, 0) is 68.6 Å². The standard InChI is InChI=1S/C23H25N3O3/c1-14-3-2-4-18(24-14)23(27)26-12-17(16-5-6-19-20(11-16)29-13-28-19)22-21(26)15-7-9-25(22)10-8-15/h2-6,11,15,17,21-22H,7-10,12-13H2,1H3/t17-,21+,22+/m1/s1. The maximum Gasteiger partial charge on any atom is 0.272 e. The van der Waals surface area contributed by atoms with Crippen molar-refractivity contribution in [1.82, 2.24) is 14.8 Å². The third-order valence-corrected chi connectivity index (χ3v) is 7.19. The zero-order valence-corrected chi connectivity index (χ0v) is 16.6. The molecule has 29 heavy (non-hydrogen) atoms. The Labute approximate surface area is 170 Å². The Morgan fingerprint density at radius 3 is 2.72 bits per heavy atom. The number of piperidine rings is 3. The van der Waals surface area contributed by atoms with Crippen LogP contribution in [-0.2, 0) is 0 Å². The molecule has 0 aliphatic carbocycles. The Morgan fingerprint density at radius 2 is 1.90 bits per heavy atom. The van der Waals surface area contributed by atoms with E-state index >= 15 is 0 Å². The van der Waals surface area contributed by atoms with Crippen LogP contribution < -0.4 is 9.47 Å². The Bertz CT molecular complexity index is 970. The summed E-state index contributed by atoms with van der Waals surface area (Å²) in [6, 6.07) is 12.6. The highest BCUT2D eigenvalue weighted by molar-refractivity contribution is 5.93. The maximum atomic E-state index is 13.5. The average molecular weight is 391 g/mol. The topological polar surface area (TPSA) is 54.9 Å². The molecule has 3 atom stereocenters. The first kappa shape index (κ1) is 17.3. The monoisotopic (exact) mass is 391 g/mol. The second-order valence-corrected chi connectivity index (χ2v) is 8.70. The number of nitrogens with zero attached hydrogens (tertiary/aromatic N) is 3. The Morgan fingerprint density at radius 1 is 1.07 bits per heavy atom. The van der Waals surface area contributed by atoms with E-state index < -0.39 is 0 Å². The minimum absolute atomic E-state index is 0.0701. The van der Waals surface area contributed by atoms with E-state index in [4.69, 9.17) is 9.47 Å². The van der Waals surface area contributed by atoms with Crippen molar-refractivity contribution in [3.63, 3.8) is 0 Å². The SMILES string of the molecule is Cc1cccc(C(=O)N2C[C@H](c3ccc4c(c3)OCO4)[C@H]3[C@@H]2C2CCN3CC2)n1. The number of pyridine rings is 1. The van der Waals surface area contributed by atoms with Gasteiger partial charge in [0.1, 0.15) is 5.69 Å². The molecule has 5 aliphatic rings. The van der Waals surface area contributed by atoms with Crippen LogP contribution in [0.3, 0.4) is 0 Å². The van der Waals surface area contributed by atoms with Gasteiger partial charge in [-0.25, -0.2) is 4.98 Å². The van der Waals surface area contributed by atoms with Crippen LogP contribution in [0.25, 0.3) is 0 Å². The molecule has 4 saturated heterocycles. The van der Waals surface area contributed by atoms with E-state index in [1.807, 2.05) is 31.2 Å². The van der Waals surface area contributed by atoms with Gasteiger partial charge in [-0.1, -0.05) is 12.1 Å². The zero-order valence-electron chi connectivity index (χ0n) is 16.6. The van der Waals surface area contributed by atoms with Crippen LogP contribution in [0.5, 0.6) is 11.5 Å². The molecular formula is C23H25N3O3. The average Bonchev–Trinajstić information content (AvgIpc) is 3.39. The number of hydrogen-bond donors (Lipinski definition) is 0. The van der Waals surface area contributed by atoms with Crippen molar-refractivity contribution in [2.24, 2.45) is 5.92 Å². The van der Waals surface area contributed by atoms with Gasteiger partial charge in [0.25, 0.3) is 5.91 Å². The molecule has 0 spiro atoms. The lowest BCUT2D eigenvalue weighted by atomic mass is 9.75. The highest BCUT2D eigenvalue weighted by Gasteiger charge is 2.55. The molecule has 0 radical (unpaired) electrons. The van der Waals surface area contributed by atoms with Gasteiger partial charge in [-0.2, -0.15) is 0 Å². The fraction of sp³-hybridized carbons (Fsp3) is 0.478. The van der Waals surface area contributed by atoms with Crippen molar-refractivity contribution in [1.29, 1.82) is 0 Å². The fourth-order valence-electron chi connectivity index (χ4n) is 5.90. The summed E-state index contributed by atoms with van der Waals surface area (Å²) in [6.45, 7) is 5.23. The van der Waals surface area contributed by atoms with Gasteiger partial charge in [0.05, 0.1) is 6.04 Å². The molecule has 7 rings (SSSR count). The summed E-state index contributed by atoms with van der Waals surface area (Å²) in [5, 5.41) is 0. The third kappa shape index (κ3) is 2.65. The van der Waals surface area contributed by atoms with E-state index in [0.29, 0.717) is 17.7 Å². The van der Waals surface area contributed by atoms with Crippen molar-refractivity contribution < 1.29 is 14.3 Å². The number of carbonyl (C=O) groups excluding carboxylic acids is 1. The van der Waals surface area contributed by atoms with E-state index in [-0.39, 0.29) is 24.7 Å². The molecule has 0 unspecified atom stereocenters. The molecule has 1 aromatic carbocycles. The molecule has 6 nitrogen and oxygen atoms in total. The number of amides is 1. The summed E-state index contributed by atoms with van der Waals surface area (Å²) < 4.78 is 11.1. The minimum atomic E-state index is 0.0701. The van der Waals surface area contributed by atoms with Gasteiger partial charge in [0.2, 0.25) is 6.79 Å². The van der Waals surface area contributed by atoms with Crippen molar-refractivity contribution in [3.8, 4) is 11.5 Å². The molecule has 0 N–H and O–H groups in total. The summed E-state index contributed by atoms with van der Waals surface area (Å²) in [7, 11) is 0. The zero-order chi connectivity index (χ0) is 19.5. The Balaban J connectivity index is 1.38. The van der Waals surface area contributed by atoms with Gasteiger partial charge in [0, 0.05) is 24.2 Å². The van der Waals surface area contributed by atoms with E-state index in [1.54, 1.807) is 0 Å². The Hall–Kier alpha value is -2.60. The lowest BCUT2D eigenvalue weighted by Gasteiger charge is -2.51. The third-order valence-electron chi connectivity index (χ3n) is 7.19. The van der Waals surface area contributed by atoms with Crippen LogP contribution in [0.15, 0.2) is 36.4 Å². The summed E-state index contributed by atoms with van der Waals surface area (Å²) in [5.41, 5.74) is 2.68. The first-order valence-electron chi connectivity index (χ1n) is 10.6. The van der Waals surface area contributed by atoms with Crippen molar-refractivity contribution in [2.75, 3.05) is 26.4 Å². The van der Waals surface area contributed by atoms with E-state index in [1.165, 1.54) is 18.4 Å². The summed E-state index contributed by atoms with van der Waals surface area (Å²) in [4.78, 5) is 22.7. The smallest absolute Gasteiger partial charge is 0.272 e. The fourth-order valence-corrected chi connectivity index (χ4v) is 5.90. The van der Waals surface area contributed by atoms with E-state index in [0.717, 1.165) is 36.8 Å². The number of likely N-dealkylation sites (tertiary alicyclic amines) is 1. The number of benzene rings is 1. The van der Waals surface area contributed by atoms with E-state index in [2.05, 4.69) is 26.9 Å². The van der Waals surface area contributed by atoms with Crippen LogP contribution in [0.2, 0.25) is 0 Å². The van der Waals surface area contributed by atoms with Crippen molar-refractivity contribution in [3.05, 3.63) is 53.3 Å². The molecule has 2 bridgehead atoms. The second-order valence-electron chi connectivity index (χ2n) is 8.70. The first-order chi connectivity index (χ1) is 14.2. The molecular weight excluding hydrogens is 366 g/mol. The summed E-state index contributed by atoms with van der Waals surface area (Å²) >= 11 is 0. The largest absolute Gasteiger partial charge is 0.454 e. The van der Waals surface area contributed by atoms with Crippen molar-refractivity contribution >= 4 is 5.91 Å². The van der Waals surface area contributed by atoms with E-state index in [9.17, 15) is 4.79 Å². The minimum Gasteiger partial charge on any atom is -0.454 e. The van der Waals surface area contributed by atoms with Crippen LogP contribution in [0, 0.1) is 12.8 Å². The lowest BCUT2D eigenvalue weighted by molar-refractivity contribution is -0.00359. The predicted molar refractivity (Wildman–Crippen MR) is 107 cm³/mol. The van der Waals surface area contributed by atoms with Gasteiger partial charge in [-0.15, -0.1) is 0 Å². The number of aryl methyl sites for hydroxylation is 1. The van der Waals surface area contributed by atoms with Crippen LogP contribution in [0.4, 0.5) is 0 Å². The number of aromatic nitrogens is 1. The molecule has 0 saturated carbocycles. The first-order valence-corrected chi connectivity index (χ1v) is 10.6. The molecule has 1 amide bonds. The highest BCUT2D eigenvalue weighted by atomic mass is 16.7. The molecule has 1 aromatic heterocycles. The van der Waals surface area contributed by atoms with Gasteiger partial charge in [0.15, 0.2) is 11.5 Å². The predicted octanol–water partition coefficient (Wildman–Crippen LogP) is 2.82. The number of carbonyl (C=O) groups is 1. The quantitative estimate of drug-likeness (QED) is 0.788. The molecule has 2 aromatic rings. The molecule has 4 fully saturated rings. The van der Waals surface area contributed by atoms with Gasteiger partial charge < -0.3 is 14.4 Å².